The van der Waals surface area contributed by atoms with E-state index in [4.69, 9.17) is 11.6 Å². The van der Waals surface area contributed by atoms with E-state index in [2.05, 4.69) is 39.1 Å². The maximum Gasteiger partial charge on any atom is 0.146 e. The molecule has 0 spiro atoms. The molecule has 136 valence electrons. The number of pyridine rings is 1. The van der Waals surface area contributed by atoms with E-state index in [0.717, 1.165) is 49.1 Å². The van der Waals surface area contributed by atoms with Crippen LogP contribution >= 0.6 is 22.9 Å². The van der Waals surface area contributed by atoms with E-state index < -0.39 is 0 Å². The molecule has 0 bridgehead atoms. The Morgan fingerprint density at radius 1 is 1.04 bits per heavy atom. The number of nitrogens with zero attached hydrogens (tertiary/aromatic N) is 4. The number of hydrogen-bond donors (Lipinski definition) is 0. The van der Waals surface area contributed by atoms with Crippen LogP contribution in [0.15, 0.2) is 54.7 Å². The van der Waals surface area contributed by atoms with Gasteiger partial charge < -0.3 is 4.90 Å². The molecule has 3 aromatic rings. The van der Waals surface area contributed by atoms with Crippen molar-refractivity contribution >= 4 is 28.8 Å². The first-order valence-electron chi connectivity index (χ1n) is 8.90. The number of hydrogen-bond acceptors (Lipinski definition) is 5. The monoisotopic (exact) mass is 394 g/mol. The van der Waals surface area contributed by atoms with Gasteiger partial charge in [0.05, 0.1) is 5.56 Å². The third kappa shape index (κ3) is 3.98. The van der Waals surface area contributed by atoms with Gasteiger partial charge in [-0.25, -0.2) is 4.98 Å². The lowest BCUT2D eigenvalue weighted by Crippen LogP contribution is -2.46. The Labute approximate surface area is 168 Å². The predicted molar refractivity (Wildman–Crippen MR) is 111 cm³/mol. The zero-order chi connectivity index (χ0) is 18.6. The average Bonchev–Trinajstić information content (AvgIpc) is 3.17. The number of thiophene rings is 1. The predicted octanol–water partition coefficient (Wildman–Crippen LogP) is 4.66. The topological polar surface area (TPSA) is 43.2 Å². The SMILES string of the molecule is N#Cc1cccnc1N1CCN(Cc2ccc(-c3ccccc3Cl)s2)CC1. The summed E-state index contributed by atoms with van der Waals surface area (Å²) in [6.45, 7) is 4.63. The Kier molecular flexibility index (Phi) is 5.40. The van der Waals surface area contributed by atoms with Crippen molar-refractivity contribution in [2.45, 2.75) is 6.54 Å². The molecule has 1 aromatic carbocycles. The molecule has 0 atom stereocenters. The van der Waals surface area contributed by atoms with Crippen molar-refractivity contribution < 1.29 is 0 Å². The van der Waals surface area contributed by atoms with Gasteiger partial charge >= 0.3 is 0 Å². The van der Waals surface area contributed by atoms with E-state index in [1.807, 2.05) is 30.3 Å². The molecule has 0 N–H and O–H groups in total. The second kappa shape index (κ2) is 8.10. The number of nitriles is 1. The summed E-state index contributed by atoms with van der Waals surface area (Å²) in [6.07, 6.45) is 1.75. The van der Waals surface area contributed by atoms with Crippen molar-refractivity contribution in [3.8, 4) is 16.5 Å². The van der Waals surface area contributed by atoms with E-state index in [0.29, 0.717) is 5.56 Å². The van der Waals surface area contributed by atoms with Crippen LogP contribution in [0.4, 0.5) is 5.82 Å². The quantitative estimate of drug-likeness (QED) is 0.645. The van der Waals surface area contributed by atoms with E-state index >= 15 is 0 Å². The molecule has 1 saturated heterocycles. The number of piperazine rings is 1. The third-order valence-corrected chi connectivity index (χ3v) is 6.19. The molecule has 2 aromatic heterocycles. The van der Waals surface area contributed by atoms with Gasteiger partial charge in [-0.3, -0.25) is 4.90 Å². The number of benzene rings is 1. The molecule has 0 radical (unpaired) electrons. The standard InChI is InChI=1S/C21H19ClN4S/c22-19-6-2-1-5-18(19)20-8-7-17(27-20)15-25-10-12-26(13-11-25)21-16(14-23)4-3-9-24-21/h1-9H,10-13,15H2. The second-order valence-corrected chi connectivity index (χ2v) is 8.07. The summed E-state index contributed by atoms with van der Waals surface area (Å²) in [4.78, 5) is 11.6. The molecule has 0 amide bonds. The van der Waals surface area contributed by atoms with Gasteiger partial charge in [-0.1, -0.05) is 29.8 Å². The van der Waals surface area contributed by atoms with Crippen molar-refractivity contribution in [3.05, 3.63) is 70.2 Å². The molecule has 0 aliphatic carbocycles. The summed E-state index contributed by atoms with van der Waals surface area (Å²) in [5, 5.41) is 10.1. The highest BCUT2D eigenvalue weighted by molar-refractivity contribution is 7.15. The van der Waals surface area contributed by atoms with Crippen molar-refractivity contribution in [2.75, 3.05) is 31.1 Å². The fourth-order valence-corrected chi connectivity index (χ4v) is 4.73. The van der Waals surface area contributed by atoms with Gasteiger partial charge in [0, 0.05) is 59.3 Å². The Balaban J connectivity index is 1.39. The van der Waals surface area contributed by atoms with Crippen LogP contribution in [0.1, 0.15) is 10.4 Å². The first-order valence-corrected chi connectivity index (χ1v) is 10.1. The van der Waals surface area contributed by atoms with Crippen LogP contribution in [0.3, 0.4) is 0 Å². The molecule has 1 aliphatic heterocycles. The van der Waals surface area contributed by atoms with Crippen LogP contribution in [0, 0.1) is 11.3 Å². The average molecular weight is 395 g/mol. The van der Waals surface area contributed by atoms with Gasteiger partial charge in [-0.05, 0) is 30.3 Å². The first kappa shape index (κ1) is 18.0. The summed E-state index contributed by atoms with van der Waals surface area (Å²) >= 11 is 8.12. The number of halogens is 1. The number of aromatic nitrogens is 1. The van der Waals surface area contributed by atoms with Crippen molar-refractivity contribution in [3.63, 3.8) is 0 Å². The van der Waals surface area contributed by atoms with Crippen molar-refractivity contribution in [1.82, 2.24) is 9.88 Å². The van der Waals surface area contributed by atoms with E-state index in [1.165, 1.54) is 9.75 Å². The van der Waals surface area contributed by atoms with E-state index in [1.54, 1.807) is 17.5 Å². The molecule has 1 aliphatic rings. The molecular weight excluding hydrogens is 376 g/mol. The third-order valence-electron chi connectivity index (χ3n) is 4.76. The largest absolute Gasteiger partial charge is 0.353 e. The highest BCUT2D eigenvalue weighted by Gasteiger charge is 2.20. The fraction of sp³-hybridized carbons (Fsp3) is 0.238. The molecule has 0 saturated carbocycles. The maximum absolute atomic E-state index is 9.28. The summed E-state index contributed by atoms with van der Waals surface area (Å²) < 4.78 is 0. The molecule has 4 rings (SSSR count). The molecule has 1 fully saturated rings. The molecule has 6 heteroatoms. The molecule has 0 unspecified atom stereocenters. The summed E-state index contributed by atoms with van der Waals surface area (Å²) in [6, 6.07) is 18.2. The van der Waals surface area contributed by atoms with Gasteiger partial charge in [0.15, 0.2) is 0 Å². The number of anilines is 1. The van der Waals surface area contributed by atoms with Crippen LogP contribution < -0.4 is 4.90 Å². The highest BCUT2D eigenvalue weighted by atomic mass is 35.5. The van der Waals surface area contributed by atoms with Gasteiger partial charge in [0.1, 0.15) is 11.9 Å². The molecule has 4 nitrogen and oxygen atoms in total. The Hall–Kier alpha value is -2.39. The highest BCUT2D eigenvalue weighted by Crippen LogP contribution is 2.33. The zero-order valence-corrected chi connectivity index (χ0v) is 16.4. The van der Waals surface area contributed by atoms with Crippen LogP contribution in [0.25, 0.3) is 10.4 Å². The molecule has 3 heterocycles. The molecular formula is C21H19ClN4S. The normalized spacial score (nSPS) is 14.9. The second-order valence-electron chi connectivity index (χ2n) is 6.50. The van der Waals surface area contributed by atoms with Crippen LogP contribution in [-0.4, -0.2) is 36.1 Å². The van der Waals surface area contributed by atoms with E-state index in [9.17, 15) is 5.26 Å². The van der Waals surface area contributed by atoms with E-state index in [-0.39, 0.29) is 0 Å². The fourth-order valence-electron chi connectivity index (χ4n) is 3.34. The maximum atomic E-state index is 9.28. The van der Waals surface area contributed by atoms with Crippen molar-refractivity contribution in [2.24, 2.45) is 0 Å². The number of rotatable bonds is 4. The molecule has 27 heavy (non-hydrogen) atoms. The van der Waals surface area contributed by atoms with Gasteiger partial charge in [0.25, 0.3) is 0 Å². The Morgan fingerprint density at radius 3 is 2.63 bits per heavy atom. The lowest BCUT2D eigenvalue weighted by molar-refractivity contribution is 0.251. The minimum atomic E-state index is 0.647. The summed E-state index contributed by atoms with van der Waals surface area (Å²) in [7, 11) is 0. The lowest BCUT2D eigenvalue weighted by Gasteiger charge is -2.35. The van der Waals surface area contributed by atoms with Crippen LogP contribution in [0.5, 0.6) is 0 Å². The lowest BCUT2D eigenvalue weighted by atomic mass is 10.2. The van der Waals surface area contributed by atoms with Crippen LogP contribution in [-0.2, 0) is 6.54 Å². The van der Waals surface area contributed by atoms with Gasteiger partial charge in [-0.15, -0.1) is 11.3 Å². The van der Waals surface area contributed by atoms with Gasteiger partial charge in [-0.2, -0.15) is 5.26 Å². The minimum Gasteiger partial charge on any atom is -0.353 e. The van der Waals surface area contributed by atoms with Crippen molar-refractivity contribution in [1.29, 1.82) is 5.26 Å². The Bertz CT molecular complexity index is 970. The Morgan fingerprint density at radius 2 is 1.85 bits per heavy atom. The zero-order valence-electron chi connectivity index (χ0n) is 14.8. The van der Waals surface area contributed by atoms with Crippen LogP contribution in [0.2, 0.25) is 5.02 Å². The smallest absolute Gasteiger partial charge is 0.146 e. The van der Waals surface area contributed by atoms with Gasteiger partial charge in [0.2, 0.25) is 0 Å². The minimum absolute atomic E-state index is 0.647. The summed E-state index contributed by atoms with van der Waals surface area (Å²) in [5.74, 6) is 0.803. The first-order chi connectivity index (χ1) is 13.2. The summed E-state index contributed by atoms with van der Waals surface area (Å²) in [5.41, 5.74) is 1.74.